The first-order valence-corrected chi connectivity index (χ1v) is 9.36. The van der Waals surface area contributed by atoms with Crippen molar-refractivity contribution < 1.29 is 14.4 Å². The second-order valence-electron chi connectivity index (χ2n) is 7.07. The number of hydrogen-bond acceptors (Lipinski definition) is 9. The lowest BCUT2D eigenvalue weighted by Gasteiger charge is -2.38. The maximum Gasteiger partial charge on any atom is 0.269 e. The maximum absolute atomic E-state index is 10.7. The maximum atomic E-state index is 10.7. The van der Waals surface area contributed by atoms with E-state index in [1.165, 1.54) is 12.1 Å². The molecule has 0 radical (unpaired) electrons. The van der Waals surface area contributed by atoms with Crippen LogP contribution in [0.2, 0.25) is 0 Å². The van der Waals surface area contributed by atoms with Gasteiger partial charge in [-0.1, -0.05) is 6.07 Å². The van der Waals surface area contributed by atoms with Crippen LogP contribution in [0.1, 0.15) is 20.3 Å². The highest BCUT2D eigenvalue weighted by Crippen LogP contribution is 2.30. The van der Waals surface area contributed by atoms with E-state index in [9.17, 15) is 10.1 Å². The summed E-state index contributed by atoms with van der Waals surface area (Å²) in [5, 5.41) is 10.7. The summed E-state index contributed by atoms with van der Waals surface area (Å²) in [6, 6.07) is 13.4. The summed E-state index contributed by atoms with van der Waals surface area (Å²) in [6.07, 6.45) is 0.640. The third-order valence-corrected chi connectivity index (χ3v) is 4.34. The summed E-state index contributed by atoms with van der Waals surface area (Å²) in [7, 11) is 0. The van der Waals surface area contributed by atoms with Gasteiger partial charge in [0.15, 0.2) is 0 Å². The number of ether oxygens (including phenoxy) is 2. The Hall–Kier alpha value is -3.82. The van der Waals surface area contributed by atoms with Crippen molar-refractivity contribution in [3.63, 3.8) is 0 Å². The Morgan fingerprint density at radius 1 is 1.07 bits per heavy atom. The van der Waals surface area contributed by atoms with Crippen molar-refractivity contribution in [2.75, 3.05) is 18.1 Å². The van der Waals surface area contributed by atoms with E-state index < -0.39 is 10.6 Å². The molecule has 0 amide bonds. The van der Waals surface area contributed by atoms with Crippen molar-refractivity contribution in [3.8, 4) is 11.5 Å². The molecule has 2 aromatic rings. The fourth-order valence-electron chi connectivity index (χ4n) is 3.07. The highest BCUT2D eigenvalue weighted by molar-refractivity contribution is 6.05. The van der Waals surface area contributed by atoms with Gasteiger partial charge in [0, 0.05) is 30.3 Å². The van der Waals surface area contributed by atoms with Gasteiger partial charge < -0.3 is 20.9 Å². The lowest BCUT2D eigenvalue weighted by molar-refractivity contribution is -0.384. The summed E-state index contributed by atoms with van der Waals surface area (Å²) < 4.78 is 11.4. The molecule has 3 rings (SSSR count). The van der Waals surface area contributed by atoms with Crippen molar-refractivity contribution >= 4 is 23.3 Å². The Morgan fingerprint density at radius 2 is 1.73 bits per heavy atom. The fourth-order valence-corrected chi connectivity index (χ4v) is 3.07. The van der Waals surface area contributed by atoms with Gasteiger partial charge in [-0.3, -0.25) is 15.0 Å². The first-order chi connectivity index (χ1) is 14.3. The zero-order chi connectivity index (χ0) is 21.7. The van der Waals surface area contributed by atoms with Gasteiger partial charge in [-0.05, 0) is 38.1 Å². The predicted molar refractivity (Wildman–Crippen MR) is 115 cm³/mol. The average molecular weight is 412 g/mol. The number of hydrogen-bond donors (Lipinski definition) is 2. The molecule has 10 heteroatoms. The monoisotopic (exact) mass is 412 g/mol. The molecule has 0 bridgehead atoms. The van der Waals surface area contributed by atoms with Crippen LogP contribution in [0.5, 0.6) is 11.5 Å². The SMILES string of the molecule is CC1(C)N=C(N)N=C(N)N1c1cccc(OCCCOc2ccc([N+](=O)[O-])cc2)c1. The van der Waals surface area contributed by atoms with Gasteiger partial charge in [0.1, 0.15) is 17.2 Å². The molecule has 0 aliphatic carbocycles. The van der Waals surface area contributed by atoms with Crippen LogP contribution in [0, 0.1) is 10.1 Å². The van der Waals surface area contributed by atoms with Crippen LogP contribution in [-0.4, -0.2) is 35.7 Å². The van der Waals surface area contributed by atoms with Crippen LogP contribution in [0.4, 0.5) is 11.4 Å². The average Bonchev–Trinajstić information content (AvgIpc) is 2.67. The number of non-ortho nitro benzene ring substituents is 1. The van der Waals surface area contributed by atoms with Gasteiger partial charge in [-0.25, -0.2) is 4.99 Å². The number of guanidine groups is 2. The van der Waals surface area contributed by atoms with Crippen molar-refractivity contribution in [2.24, 2.45) is 21.5 Å². The normalized spacial score (nSPS) is 15.2. The third-order valence-electron chi connectivity index (χ3n) is 4.34. The number of aliphatic imine (C=N–C) groups is 2. The molecule has 2 aromatic carbocycles. The van der Waals surface area contributed by atoms with Gasteiger partial charge >= 0.3 is 0 Å². The van der Waals surface area contributed by atoms with E-state index in [-0.39, 0.29) is 17.6 Å². The van der Waals surface area contributed by atoms with Crippen LogP contribution in [0.25, 0.3) is 0 Å². The summed E-state index contributed by atoms with van der Waals surface area (Å²) >= 11 is 0. The molecule has 0 atom stereocenters. The van der Waals surface area contributed by atoms with Crippen LogP contribution in [0.15, 0.2) is 58.5 Å². The standard InChI is InChI=1S/C20H24N6O4/c1-20(2)24-18(21)23-19(22)25(20)15-5-3-6-17(13-15)30-12-4-11-29-16-9-7-14(8-10-16)26(27)28/h3,5-10,13H,4,11-12H2,1-2H3,(H4,21,22,23,24). The number of nitro benzene ring substituents is 1. The van der Waals surface area contributed by atoms with E-state index in [4.69, 9.17) is 20.9 Å². The molecule has 10 nitrogen and oxygen atoms in total. The Bertz CT molecular complexity index is 972. The summed E-state index contributed by atoms with van der Waals surface area (Å²) in [4.78, 5) is 20.4. The molecule has 30 heavy (non-hydrogen) atoms. The van der Waals surface area contributed by atoms with Gasteiger partial charge in [0.05, 0.1) is 18.1 Å². The third kappa shape index (κ3) is 4.96. The second-order valence-corrected chi connectivity index (χ2v) is 7.07. The molecule has 4 N–H and O–H groups in total. The Balaban J connectivity index is 1.52. The number of benzene rings is 2. The number of nitro groups is 1. The number of nitrogens with two attached hydrogens (primary N) is 2. The molecule has 0 saturated carbocycles. The van der Waals surface area contributed by atoms with E-state index in [1.807, 2.05) is 38.1 Å². The molecule has 0 saturated heterocycles. The van der Waals surface area contributed by atoms with Gasteiger partial charge in [-0.15, -0.1) is 0 Å². The topological polar surface area (TPSA) is 142 Å². The van der Waals surface area contributed by atoms with Crippen LogP contribution in [-0.2, 0) is 0 Å². The molecule has 1 heterocycles. The van der Waals surface area contributed by atoms with Crippen LogP contribution >= 0.6 is 0 Å². The van der Waals surface area contributed by atoms with Gasteiger partial charge in [0.25, 0.3) is 5.69 Å². The molecule has 0 aromatic heterocycles. The quantitative estimate of drug-likeness (QED) is 0.385. The number of rotatable bonds is 8. The molecular weight excluding hydrogens is 388 g/mol. The molecular formula is C20H24N6O4. The van der Waals surface area contributed by atoms with E-state index in [0.29, 0.717) is 31.1 Å². The molecule has 0 spiro atoms. The van der Waals surface area contributed by atoms with Gasteiger partial charge in [-0.2, -0.15) is 4.99 Å². The smallest absolute Gasteiger partial charge is 0.269 e. The Labute approximate surface area is 174 Å². The molecule has 0 unspecified atom stereocenters. The summed E-state index contributed by atoms with van der Waals surface area (Å²) in [6.45, 7) is 4.65. The largest absolute Gasteiger partial charge is 0.493 e. The summed E-state index contributed by atoms with van der Waals surface area (Å²) in [5.41, 5.74) is 11.9. The zero-order valence-corrected chi connectivity index (χ0v) is 16.8. The number of nitrogens with zero attached hydrogens (tertiary/aromatic N) is 4. The molecule has 1 aliphatic heterocycles. The van der Waals surface area contributed by atoms with Crippen molar-refractivity contribution in [3.05, 3.63) is 58.6 Å². The van der Waals surface area contributed by atoms with E-state index in [0.717, 1.165) is 5.69 Å². The van der Waals surface area contributed by atoms with E-state index in [2.05, 4.69) is 9.98 Å². The Kier molecular flexibility index (Phi) is 6.05. The lowest BCUT2D eigenvalue weighted by Crippen LogP contribution is -2.54. The highest BCUT2D eigenvalue weighted by Gasteiger charge is 2.33. The minimum absolute atomic E-state index is 0.0292. The second kappa shape index (κ2) is 8.68. The first kappa shape index (κ1) is 20.9. The summed E-state index contributed by atoms with van der Waals surface area (Å²) in [5.74, 6) is 1.66. The minimum Gasteiger partial charge on any atom is -0.493 e. The zero-order valence-electron chi connectivity index (χ0n) is 16.8. The molecule has 0 fully saturated rings. The predicted octanol–water partition coefficient (Wildman–Crippen LogP) is 2.63. The fraction of sp³-hybridized carbons (Fsp3) is 0.300. The van der Waals surface area contributed by atoms with E-state index >= 15 is 0 Å². The molecule has 158 valence electrons. The highest BCUT2D eigenvalue weighted by atomic mass is 16.6. The van der Waals surface area contributed by atoms with Crippen LogP contribution < -0.4 is 25.8 Å². The number of anilines is 1. The lowest BCUT2D eigenvalue weighted by atomic mass is 10.1. The van der Waals surface area contributed by atoms with Crippen molar-refractivity contribution in [1.82, 2.24) is 0 Å². The first-order valence-electron chi connectivity index (χ1n) is 9.36. The van der Waals surface area contributed by atoms with Gasteiger partial charge in [0.2, 0.25) is 11.9 Å². The Morgan fingerprint density at radius 3 is 2.37 bits per heavy atom. The molecule has 1 aliphatic rings. The van der Waals surface area contributed by atoms with E-state index in [1.54, 1.807) is 17.0 Å². The van der Waals surface area contributed by atoms with Crippen molar-refractivity contribution in [1.29, 1.82) is 0 Å². The van der Waals surface area contributed by atoms with Crippen LogP contribution in [0.3, 0.4) is 0 Å². The van der Waals surface area contributed by atoms with Crippen molar-refractivity contribution in [2.45, 2.75) is 25.9 Å². The minimum atomic E-state index is -0.673.